The third kappa shape index (κ3) is 3.44. The first-order chi connectivity index (χ1) is 8.33. The fraction of sp³-hybridized carbons (Fsp3) is 0.923. The Balaban J connectivity index is 1.95. The number of rotatable bonds is 4. The number of ether oxygens (including phenoxy) is 1. The van der Waals surface area contributed by atoms with Gasteiger partial charge in [-0.3, -0.25) is 4.79 Å². The van der Waals surface area contributed by atoms with Crippen molar-refractivity contribution in [2.45, 2.75) is 44.6 Å². The molecule has 1 saturated carbocycles. The van der Waals surface area contributed by atoms with Crippen LogP contribution in [0.25, 0.3) is 0 Å². The summed E-state index contributed by atoms with van der Waals surface area (Å²) in [5, 5.41) is 0.887. The average Bonchev–Trinajstić information content (AvgIpc) is 2.90. The van der Waals surface area contributed by atoms with Crippen molar-refractivity contribution in [3.63, 3.8) is 0 Å². The molecule has 2 fully saturated rings. The summed E-state index contributed by atoms with van der Waals surface area (Å²) in [6.45, 7) is 2.37. The summed E-state index contributed by atoms with van der Waals surface area (Å²) in [5.74, 6) is 0.586. The van der Waals surface area contributed by atoms with Gasteiger partial charge in [0.25, 0.3) is 0 Å². The Bertz CT molecular complexity index is 248. The smallest absolute Gasteiger partial charge is 0.226 e. The predicted octanol–water partition coefficient (Wildman–Crippen LogP) is 2.58. The van der Waals surface area contributed by atoms with Crippen molar-refractivity contribution in [3.05, 3.63) is 0 Å². The second kappa shape index (κ2) is 6.74. The Labute approximate surface area is 112 Å². The van der Waals surface area contributed by atoms with Crippen LogP contribution in [0.3, 0.4) is 0 Å². The van der Waals surface area contributed by atoms with E-state index >= 15 is 0 Å². The van der Waals surface area contributed by atoms with E-state index < -0.39 is 0 Å². The summed E-state index contributed by atoms with van der Waals surface area (Å²) >= 11 is 3.47. The number of amides is 1. The first-order valence-electron chi connectivity index (χ1n) is 6.77. The van der Waals surface area contributed by atoms with Crippen LogP contribution >= 0.6 is 15.9 Å². The molecule has 2 rings (SSSR count). The van der Waals surface area contributed by atoms with Crippen LogP contribution in [0.1, 0.15) is 38.5 Å². The Morgan fingerprint density at radius 3 is 2.41 bits per heavy atom. The second-order valence-electron chi connectivity index (χ2n) is 5.05. The summed E-state index contributed by atoms with van der Waals surface area (Å²) in [6, 6.07) is 0.503. The summed E-state index contributed by atoms with van der Waals surface area (Å²) < 4.78 is 5.34. The number of halogens is 1. The zero-order chi connectivity index (χ0) is 12.1. The summed E-state index contributed by atoms with van der Waals surface area (Å²) in [4.78, 5) is 14.7. The lowest BCUT2D eigenvalue weighted by molar-refractivity contribution is -0.140. The van der Waals surface area contributed by atoms with Gasteiger partial charge in [0.1, 0.15) is 0 Å². The maximum absolute atomic E-state index is 12.5. The van der Waals surface area contributed by atoms with Crippen LogP contribution in [0.2, 0.25) is 0 Å². The van der Waals surface area contributed by atoms with E-state index in [-0.39, 0.29) is 5.92 Å². The van der Waals surface area contributed by atoms with E-state index in [9.17, 15) is 4.79 Å². The molecule has 0 aromatic rings. The van der Waals surface area contributed by atoms with E-state index in [2.05, 4.69) is 20.8 Å². The number of nitrogens with zero attached hydrogens (tertiary/aromatic N) is 1. The normalized spacial score (nSPS) is 22.9. The minimum Gasteiger partial charge on any atom is -0.381 e. The molecule has 1 saturated heterocycles. The van der Waals surface area contributed by atoms with E-state index in [4.69, 9.17) is 4.74 Å². The van der Waals surface area contributed by atoms with Gasteiger partial charge in [-0.05, 0) is 25.7 Å². The molecule has 98 valence electrons. The summed E-state index contributed by atoms with van der Waals surface area (Å²) in [6.07, 6.45) is 6.77. The molecule has 0 aromatic heterocycles. The quantitative estimate of drug-likeness (QED) is 0.747. The molecule has 4 heteroatoms. The molecule has 1 amide bonds. The molecule has 2 aliphatic rings. The van der Waals surface area contributed by atoms with E-state index in [0.29, 0.717) is 11.9 Å². The van der Waals surface area contributed by atoms with Crippen LogP contribution in [-0.4, -0.2) is 41.9 Å². The van der Waals surface area contributed by atoms with E-state index in [0.717, 1.165) is 37.9 Å². The predicted molar refractivity (Wildman–Crippen MR) is 71.3 cm³/mol. The molecule has 3 nitrogen and oxygen atoms in total. The number of hydrogen-bond acceptors (Lipinski definition) is 2. The molecule has 1 heterocycles. The fourth-order valence-electron chi connectivity index (χ4n) is 2.96. The summed E-state index contributed by atoms with van der Waals surface area (Å²) in [7, 11) is 0. The molecule has 0 atom stereocenters. The van der Waals surface area contributed by atoms with Crippen LogP contribution in [0.15, 0.2) is 0 Å². The molecule has 0 radical (unpaired) electrons. The first-order valence-corrected chi connectivity index (χ1v) is 7.89. The third-order valence-electron chi connectivity index (χ3n) is 3.94. The maximum atomic E-state index is 12.5. The summed E-state index contributed by atoms with van der Waals surface area (Å²) in [5.41, 5.74) is 0. The average molecular weight is 304 g/mol. The van der Waals surface area contributed by atoms with Crippen LogP contribution in [0.5, 0.6) is 0 Å². The SMILES string of the molecule is O=C(C1CCOCC1)N(CCBr)C1CCCC1. The van der Waals surface area contributed by atoms with Crippen LogP contribution in [0, 0.1) is 5.92 Å². The number of carbonyl (C=O) groups is 1. The van der Waals surface area contributed by atoms with Crippen molar-refractivity contribution in [2.24, 2.45) is 5.92 Å². The Morgan fingerprint density at radius 1 is 1.18 bits per heavy atom. The highest BCUT2D eigenvalue weighted by molar-refractivity contribution is 9.09. The third-order valence-corrected chi connectivity index (χ3v) is 4.30. The Morgan fingerprint density at radius 2 is 1.82 bits per heavy atom. The van der Waals surface area contributed by atoms with Crippen LogP contribution in [-0.2, 0) is 9.53 Å². The molecule has 1 aliphatic carbocycles. The standard InChI is InChI=1S/C13H22BrNO2/c14-7-8-15(12-3-1-2-4-12)13(16)11-5-9-17-10-6-11/h11-12H,1-10H2. The molecule has 0 bridgehead atoms. The minimum atomic E-state index is 0.211. The first kappa shape index (κ1) is 13.3. The van der Waals surface area contributed by atoms with Crippen LogP contribution in [0.4, 0.5) is 0 Å². The highest BCUT2D eigenvalue weighted by Crippen LogP contribution is 2.27. The molecule has 1 aliphatic heterocycles. The van der Waals surface area contributed by atoms with E-state index in [1.54, 1.807) is 0 Å². The van der Waals surface area contributed by atoms with Gasteiger partial charge in [-0.2, -0.15) is 0 Å². The van der Waals surface area contributed by atoms with Crippen LogP contribution < -0.4 is 0 Å². The highest BCUT2D eigenvalue weighted by atomic mass is 79.9. The van der Waals surface area contributed by atoms with Crippen molar-refractivity contribution in [1.82, 2.24) is 4.90 Å². The second-order valence-corrected chi connectivity index (χ2v) is 5.84. The largest absolute Gasteiger partial charge is 0.381 e. The van der Waals surface area contributed by atoms with Gasteiger partial charge in [0, 0.05) is 37.0 Å². The highest BCUT2D eigenvalue weighted by Gasteiger charge is 2.31. The zero-order valence-corrected chi connectivity index (χ0v) is 12.0. The van der Waals surface area contributed by atoms with Crippen molar-refractivity contribution >= 4 is 21.8 Å². The Hall–Kier alpha value is -0.0900. The van der Waals surface area contributed by atoms with Gasteiger partial charge in [0.15, 0.2) is 0 Å². The van der Waals surface area contributed by atoms with Gasteiger partial charge in [-0.15, -0.1) is 0 Å². The van der Waals surface area contributed by atoms with Gasteiger partial charge in [-0.25, -0.2) is 0 Å². The number of carbonyl (C=O) groups excluding carboxylic acids is 1. The number of hydrogen-bond donors (Lipinski definition) is 0. The van der Waals surface area contributed by atoms with Gasteiger partial charge >= 0.3 is 0 Å². The lowest BCUT2D eigenvalue weighted by Crippen LogP contribution is -2.44. The molecule has 0 aromatic carbocycles. The lowest BCUT2D eigenvalue weighted by Gasteiger charge is -2.33. The molecule has 0 unspecified atom stereocenters. The van der Waals surface area contributed by atoms with E-state index in [1.165, 1.54) is 25.7 Å². The topological polar surface area (TPSA) is 29.5 Å². The van der Waals surface area contributed by atoms with Gasteiger partial charge in [0.05, 0.1) is 0 Å². The molecule has 17 heavy (non-hydrogen) atoms. The van der Waals surface area contributed by atoms with Crippen molar-refractivity contribution < 1.29 is 9.53 Å². The number of alkyl halides is 1. The van der Waals surface area contributed by atoms with Gasteiger partial charge in [-0.1, -0.05) is 28.8 Å². The van der Waals surface area contributed by atoms with E-state index in [1.807, 2.05) is 0 Å². The monoisotopic (exact) mass is 303 g/mol. The zero-order valence-electron chi connectivity index (χ0n) is 10.4. The lowest BCUT2D eigenvalue weighted by atomic mass is 9.97. The minimum absolute atomic E-state index is 0.211. The van der Waals surface area contributed by atoms with Gasteiger partial charge in [0.2, 0.25) is 5.91 Å². The Kier molecular flexibility index (Phi) is 5.29. The molecule has 0 spiro atoms. The van der Waals surface area contributed by atoms with Gasteiger partial charge < -0.3 is 9.64 Å². The van der Waals surface area contributed by atoms with Crippen molar-refractivity contribution in [3.8, 4) is 0 Å². The molecular weight excluding hydrogens is 282 g/mol. The van der Waals surface area contributed by atoms with Crippen molar-refractivity contribution in [1.29, 1.82) is 0 Å². The van der Waals surface area contributed by atoms with Crippen molar-refractivity contribution in [2.75, 3.05) is 25.1 Å². The molecule has 0 N–H and O–H groups in total. The fourth-order valence-corrected chi connectivity index (χ4v) is 3.34. The molecular formula is C13H22BrNO2. The maximum Gasteiger partial charge on any atom is 0.226 e.